The van der Waals surface area contributed by atoms with Crippen LogP contribution in [0.15, 0.2) is 23.6 Å². The second kappa shape index (κ2) is 3.65. The van der Waals surface area contributed by atoms with Gasteiger partial charge in [-0.05, 0) is 40.0 Å². The van der Waals surface area contributed by atoms with Gasteiger partial charge >= 0.3 is 5.69 Å². The van der Waals surface area contributed by atoms with E-state index in [4.69, 9.17) is 0 Å². The van der Waals surface area contributed by atoms with E-state index in [1.165, 1.54) is 5.69 Å². The highest BCUT2D eigenvalue weighted by molar-refractivity contribution is 5.10. The first kappa shape index (κ1) is 11.2. The topological polar surface area (TPSA) is 26.9 Å². The lowest BCUT2D eigenvalue weighted by Crippen LogP contribution is -2.35. The van der Waals surface area contributed by atoms with Crippen LogP contribution >= 0.6 is 0 Å². The Balaban J connectivity index is 2.48. The molecule has 2 heterocycles. The summed E-state index contributed by atoms with van der Waals surface area (Å²) in [7, 11) is 0. The second-order valence-corrected chi connectivity index (χ2v) is 5.53. The summed E-state index contributed by atoms with van der Waals surface area (Å²) in [4.78, 5) is 12.3. The number of hydrogen-bond donors (Lipinski definition) is 0. The highest BCUT2D eigenvalue weighted by Crippen LogP contribution is 2.28. The van der Waals surface area contributed by atoms with Gasteiger partial charge in [-0.25, -0.2) is 4.79 Å². The average molecular weight is 220 g/mol. The Hall–Kier alpha value is -1.25. The first-order valence-corrected chi connectivity index (χ1v) is 5.89. The van der Waals surface area contributed by atoms with Crippen LogP contribution in [0.1, 0.15) is 45.3 Å². The number of allylic oxidation sites excluding steroid dienone is 1. The minimum absolute atomic E-state index is 0.131. The zero-order valence-electron chi connectivity index (χ0n) is 10.4. The fourth-order valence-electron chi connectivity index (χ4n) is 2.42. The molecule has 16 heavy (non-hydrogen) atoms. The largest absolute Gasteiger partial charge is 0.329 e. The molecule has 1 atom stereocenters. The lowest BCUT2D eigenvalue weighted by Gasteiger charge is -2.20. The quantitative estimate of drug-likeness (QED) is 0.703. The normalized spacial score (nSPS) is 19.8. The third-order valence-electron chi connectivity index (χ3n) is 3.26. The monoisotopic (exact) mass is 220 g/mol. The molecule has 0 fully saturated rings. The van der Waals surface area contributed by atoms with E-state index in [0.717, 1.165) is 19.3 Å². The van der Waals surface area contributed by atoms with Crippen molar-refractivity contribution in [3.05, 3.63) is 35.0 Å². The summed E-state index contributed by atoms with van der Waals surface area (Å²) in [6.07, 6.45) is 6.89. The molecule has 0 saturated heterocycles. The number of imidazole rings is 1. The van der Waals surface area contributed by atoms with E-state index in [1.807, 2.05) is 21.4 Å². The minimum atomic E-state index is -0.132. The molecule has 88 valence electrons. The Kier molecular flexibility index (Phi) is 2.56. The number of fused-ring (bicyclic) bond motifs is 1. The van der Waals surface area contributed by atoms with Crippen molar-refractivity contribution in [3.8, 4) is 0 Å². The third-order valence-corrected chi connectivity index (χ3v) is 3.26. The van der Waals surface area contributed by atoms with Crippen molar-refractivity contribution in [1.82, 2.24) is 9.13 Å². The fourth-order valence-corrected chi connectivity index (χ4v) is 2.42. The van der Waals surface area contributed by atoms with Crippen LogP contribution in [0.3, 0.4) is 0 Å². The Labute approximate surface area is 96.4 Å². The number of nitrogens with zero attached hydrogens (tertiary/aromatic N) is 2. The van der Waals surface area contributed by atoms with Crippen LogP contribution in [0.25, 0.3) is 0 Å². The molecule has 0 aliphatic carbocycles. The third kappa shape index (κ3) is 1.64. The van der Waals surface area contributed by atoms with E-state index in [1.54, 1.807) is 0 Å². The van der Waals surface area contributed by atoms with Crippen LogP contribution in [0, 0.1) is 0 Å². The van der Waals surface area contributed by atoms with E-state index in [2.05, 4.69) is 27.4 Å². The Morgan fingerprint density at radius 3 is 2.81 bits per heavy atom. The molecule has 0 aromatic carbocycles. The fraction of sp³-hybridized carbons (Fsp3) is 0.615. The summed E-state index contributed by atoms with van der Waals surface area (Å²) < 4.78 is 3.80. The van der Waals surface area contributed by atoms with E-state index in [0.29, 0.717) is 6.04 Å². The van der Waals surface area contributed by atoms with E-state index in [-0.39, 0.29) is 11.2 Å². The lowest BCUT2D eigenvalue weighted by atomic mass is 10.1. The molecular weight excluding hydrogens is 200 g/mol. The highest BCUT2D eigenvalue weighted by Gasteiger charge is 2.28. The van der Waals surface area contributed by atoms with Gasteiger partial charge in [0.1, 0.15) is 0 Å². The first-order valence-electron chi connectivity index (χ1n) is 5.89. The Morgan fingerprint density at radius 1 is 1.56 bits per heavy atom. The molecule has 0 saturated carbocycles. The second-order valence-electron chi connectivity index (χ2n) is 5.53. The van der Waals surface area contributed by atoms with Crippen LogP contribution in [-0.4, -0.2) is 9.13 Å². The molecule has 0 spiro atoms. The number of hydrogen-bond acceptors (Lipinski definition) is 1. The minimum Gasteiger partial charge on any atom is -0.294 e. The number of rotatable bonds is 2. The van der Waals surface area contributed by atoms with Crippen molar-refractivity contribution in [1.29, 1.82) is 0 Å². The van der Waals surface area contributed by atoms with Crippen molar-refractivity contribution >= 4 is 0 Å². The van der Waals surface area contributed by atoms with Gasteiger partial charge in [0, 0.05) is 23.5 Å². The molecule has 1 aliphatic heterocycles. The summed E-state index contributed by atoms with van der Waals surface area (Å²) >= 11 is 0. The van der Waals surface area contributed by atoms with Crippen molar-refractivity contribution in [3.63, 3.8) is 0 Å². The summed E-state index contributed by atoms with van der Waals surface area (Å²) in [6.45, 7) is 9.95. The zero-order chi connectivity index (χ0) is 11.9. The molecule has 2 rings (SSSR count). The van der Waals surface area contributed by atoms with Gasteiger partial charge in [0.15, 0.2) is 0 Å². The smallest absolute Gasteiger partial charge is 0.294 e. The van der Waals surface area contributed by atoms with Gasteiger partial charge in [-0.3, -0.25) is 9.13 Å². The van der Waals surface area contributed by atoms with Gasteiger partial charge in [-0.1, -0.05) is 6.08 Å². The Morgan fingerprint density at radius 2 is 2.25 bits per heavy atom. The maximum Gasteiger partial charge on any atom is 0.329 e. The first-order chi connectivity index (χ1) is 7.45. The van der Waals surface area contributed by atoms with Crippen LogP contribution in [-0.2, 0) is 12.0 Å². The molecule has 1 aromatic rings. The molecule has 0 N–H and O–H groups in total. The van der Waals surface area contributed by atoms with Crippen molar-refractivity contribution in [2.45, 2.75) is 51.6 Å². The highest BCUT2D eigenvalue weighted by atomic mass is 16.2. The lowest BCUT2D eigenvalue weighted by molar-refractivity contribution is 0.370. The average Bonchev–Trinajstić information content (AvgIpc) is 2.68. The van der Waals surface area contributed by atoms with Crippen molar-refractivity contribution < 1.29 is 0 Å². The molecule has 1 aliphatic rings. The van der Waals surface area contributed by atoms with Crippen molar-refractivity contribution in [2.24, 2.45) is 0 Å². The van der Waals surface area contributed by atoms with E-state index >= 15 is 0 Å². The Bertz CT molecular complexity index is 459. The number of aromatic nitrogens is 2. The molecule has 0 unspecified atom stereocenters. The SMILES string of the molecule is C=CC[C@H]1CCc2cn(C(C)(C)C)c(=O)n21. The standard InChI is InChI=1S/C13H20N2O/c1-5-6-10-7-8-11-9-14(13(2,3)4)12(16)15(10)11/h5,9-10H,1,6-8H2,2-4H3/t10-/m0/s1. The molecule has 0 bridgehead atoms. The van der Waals surface area contributed by atoms with Crippen molar-refractivity contribution in [2.75, 3.05) is 0 Å². The van der Waals surface area contributed by atoms with Crippen LogP contribution in [0.4, 0.5) is 0 Å². The maximum atomic E-state index is 12.3. The van der Waals surface area contributed by atoms with E-state index < -0.39 is 0 Å². The van der Waals surface area contributed by atoms with Gasteiger partial charge in [-0.2, -0.15) is 0 Å². The predicted molar refractivity (Wildman–Crippen MR) is 65.9 cm³/mol. The molecule has 1 aromatic heterocycles. The molecule has 0 amide bonds. The van der Waals surface area contributed by atoms with Crippen LogP contribution in [0.2, 0.25) is 0 Å². The van der Waals surface area contributed by atoms with Crippen LogP contribution < -0.4 is 5.69 Å². The van der Waals surface area contributed by atoms with Gasteiger partial charge in [-0.15, -0.1) is 6.58 Å². The van der Waals surface area contributed by atoms with Gasteiger partial charge in [0.2, 0.25) is 0 Å². The van der Waals surface area contributed by atoms with Gasteiger partial charge < -0.3 is 0 Å². The zero-order valence-corrected chi connectivity index (χ0v) is 10.4. The maximum absolute atomic E-state index is 12.3. The summed E-state index contributed by atoms with van der Waals surface area (Å²) in [5, 5.41) is 0. The predicted octanol–water partition coefficient (Wildman–Crippen LogP) is 2.47. The van der Waals surface area contributed by atoms with Gasteiger partial charge in [0.25, 0.3) is 0 Å². The molecule has 0 radical (unpaired) electrons. The van der Waals surface area contributed by atoms with E-state index in [9.17, 15) is 4.79 Å². The van der Waals surface area contributed by atoms with Crippen LogP contribution in [0.5, 0.6) is 0 Å². The molecule has 3 heteroatoms. The number of aryl methyl sites for hydroxylation is 1. The summed E-state index contributed by atoms with van der Waals surface area (Å²) in [6, 6.07) is 0.323. The summed E-state index contributed by atoms with van der Waals surface area (Å²) in [5.41, 5.74) is 1.17. The molecule has 3 nitrogen and oxygen atoms in total. The van der Waals surface area contributed by atoms with Gasteiger partial charge in [0.05, 0.1) is 0 Å². The molecular formula is C13H20N2O. The summed E-state index contributed by atoms with van der Waals surface area (Å²) in [5.74, 6) is 0.